The van der Waals surface area contributed by atoms with Crippen LogP contribution in [0.5, 0.6) is 0 Å². The monoisotopic (exact) mass is 354 g/mol. The molecule has 0 spiro atoms. The van der Waals surface area contributed by atoms with Gasteiger partial charge in [0.15, 0.2) is 5.96 Å². The molecule has 0 saturated carbocycles. The topological polar surface area (TPSA) is 58.1 Å². The summed E-state index contributed by atoms with van der Waals surface area (Å²) in [4.78, 5) is 6.77. The highest BCUT2D eigenvalue weighted by Gasteiger charge is 2.23. The van der Waals surface area contributed by atoms with Crippen molar-refractivity contribution in [3.05, 3.63) is 0 Å². The van der Waals surface area contributed by atoms with Crippen LogP contribution in [0.25, 0.3) is 0 Å². The van der Waals surface area contributed by atoms with E-state index < -0.39 is 0 Å². The molecule has 2 heterocycles. The van der Waals surface area contributed by atoms with Gasteiger partial charge in [0.1, 0.15) is 0 Å². The molecular formula is C19H38N4O2. The molecule has 6 heteroatoms. The Labute approximate surface area is 153 Å². The van der Waals surface area contributed by atoms with E-state index in [4.69, 9.17) is 9.47 Å². The number of ether oxygens (including phenoxy) is 2. The molecule has 2 aliphatic heterocycles. The van der Waals surface area contributed by atoms with Crippen LogP contribution in [0.15, 0.2) is 4.99 Å². The second-order valence-electron chi connectivity index (χ2n) is 8.16. The molecule has 0 radical (unpaired) electrons. The number of nitrogens with zero attached hydrogens (tertiary/aromatic N) is 2. The van der Waals surface area contributed by atoms with Gasteiger partial charge in [-0.1, -0.05) is 0 Å². The molecular weight excluding hydrogens is 316 g/mol. The van der Waals surface area contributed by atoms with E-state index in [-0.39, 0.29) is 5.54 Å². The van der Waals surface area contributed by atoms with Gasteiger partial charge < -0.3 is 25.0 Å². The van der Waals surface area contributed by atoms with Gasteiger partial charge in [-0.15, -0.1) is 0 Å². The van der Waals surface area contributed by atoms with E-state index >= 15 is 0 Å². The Morgan fingerprint density at radius 2 is 1.92 bits per heavy atom. The van der Waals surface area contributed by atoms with E-state index in [2.05, 4.69) is 41.3 Å². The fourth-order valence-corrected chi connectivity index (χ4v) is 3.36. The van der Waals surface area contributed by atoms with E-state index in [9.17, 15) is 0 Å². The summed E-state index contributed by atoms with van der Waals surface area (Å²) in [7, 11) is 1.86. The highest BCUT2D eigenvalue weighted by Crippen LogP contribution is 2.17. The average molecular weight is 355 g/mol. The van der Waals surface area contributed by atoms with Crippen molar-refractivity contribution in [2.75, 3.05) is 46.4 Å². The molecule has 0 aliphatic carbocycles. The molecule has 1 atom stereocenters. The number of hydrogen-bond donors (Lipinski definition) is 2. The van der Waals surface area contributed by atoms with Crippen molar-refractivity contribution in [1.29, 1.82) is 0 Å². The van der Waals surface area contributed by atoms with Crippen LogP contribution in [0.4, 0.5) is 0 Å². The fraction of sp³-hybridized carbons (Fsp3) is 0.947. The molecule has 25 heavy (non-hydrogen) atoms. The Balaban J connectivity index is 1.62. The lowest BCUT2D eigenvalue weighted by atomic mass is 10.1. The van der Waals surface area contributed by atoms with Gasteiger partial charge in [0.25, 0.3) is 0 Å². The van der Waals surface area contributed by atoms with Crippen LogP contribution in [0.2, 0.25) is 0 Å². The van der Waals surface area contributed by atoms with Crippen molar-refractivity contribution in [2.45, 2.75) is 70.6 Å². The zero-order valence-corrected chi connectivity index (χ0v) is 16.6. The van der Waals surface area contributed by atoms with Gasteiger partial charge >= 0.3 is 0 Å². The number of likely N-dealkylation sites (tertiary alicyclic amines) is 1. The van der Waals surface area contributed by atoms with Crippen molar-refractivity contribution in [3.8, 4) is 0 Å². The summed E-state index contributed by atoms with van der Waals surface area (Å²) < 4.78 is 11.9. The quantitative estimate of drug-likeness (QED) is 0.434. The maximum atomic E-state index is 6.10. The second-order valence-corrected chi connectivity index (χ2v) is 8.16. The first-order valence-electron chi connectivity index (χ1n) is 9.92. The molecule has 2 N–H and O–H groups in total. The third-order valence-electron chi connectivity index (χ3n) is 4.81. The van der Waals surface area contributed by atoms with Gasteiger partial charge in [-0.25, -0.2) is 0 Å². The minimum Gasteiger partial charge on any atom is -0.376 e. The first-order chi connectivity index (χ1) is 12.0. The number of rotatable bonds is 6. The molecule has 2 rings (SSSR count). The normalized spacial score (nSPS) is 23.8. The van der Waals surface area contributed by atoms with Crippen LogP contribution < -0.4 is 10.6 Å². The van der Waals surface area contributed by atoms with E-state index in [1.54, 1.807) is 0 Å². The molecule has 0 amide bonds. The minimum atomic E-state index is 0.156. The van der Waals surface area contributed by atoms with Crippen LogP contribution in [-0.2, 0) is 9.47 Å². The van der Waals surface area contributed by atoms with Gasteiger partial charge in [-0.2, -0.15) is 0 Å². The predicted octanol–water partition coefficient (Wildman–Crippen LogP) is 2.00. The van der Waals surface area contributed by atoms with Crippen molar-refractivity contribution in [1.82, 2.24) is 15.5 Å². The van der Waals surface area contributed by atoms with Crippen molar-refractivity contribution >= 4 is 5.96 Å². The van der Waals surface area contributed by atoms with Gasteiger partial charge in [0.05, 0.1) is 18.8 Å². The maximum absolute atomic E-state index is 6.10. The Bertz CT molecular complexity index is 395. The largest absolute Gasteiger partial charge is 0.376 e. The van der Waals surface area contributed by atoms with Crippen molar-refractivity contribution < 1.29 is 9.47 Å². The molecule has 146 valence electrons. The molecule has 2 aliphatic rings. The number of hydrogen-bond acceptors (Lipinski definition) is 4. The highest BCUT2D eigenvalue weighted by molar-refractivity contribution is 5.79. The lowest BCUT2D eigenvalue weighted by Gasteiger charge is -2.35. The lowest BCUT2D eigenvalue weighted by molar-refractivity contribution is -0.0721. The van der Waals surface area contributed by atoms with Crippen LogP contribution in [-0.4, -0.2) is 75.0 Å². The summed E-state index contributed by atoms with van der Waals surface area (Å²) in [6, 6.07) is 0. The smallest absolute Gasteiger partial charge is 0.193 e. The first kappa shape index (κ1) is 20.5. The maximum Gasteiger partial charge on any atom is 0.193 e. The van der Waals surface area contributed by atoms with Gasteiger partial charge in [0.2, 0.25) is 0 Å². The molecule has 2 fully saturated rings. The summed E-state index contributed by atoms with van der Waals surface area (Å²) in [6.45, 7) is 12.0. The van der Waals surface area contributed by atoms with E-state index in [1.807, 2.05) is 7.05 Å². The SMILES string of the molecule is CN=C(NCCNC(C)(C)C)N1CCC(OCC2CCCCO2)CC1. The molecule has 0 aromatic rings. The van der Waals surface area contributed by atoms with Crippen LogP contribution in [0.3, 0.4) is 0 Å². The Morgan fingerprint density at radius 1 is 1.16 bits per heavy atom. The first-order valence-corrected chi connectivity index (χ1v) is 9.92. The van der Waals surface area contributed by atoms with Crippen LogP contribution in [0, 0.1) is 0 Å². The number of guanidine groups is 1. The fourth-order valence-electron chi connectivity index (χ4n) is 3.36. The zero-order chi connectivity index (χ0) is 18.1. The predicted molar refractivity (Wildman–Crippen MR) is 103 cm³/mol. The summed E-state index contributed by atoms with van der Waals surface area (Å²) in [5, 5.41) is 6.95. The molecule has 1 unspecified atom stereocenters. The Kier molecular flexibility index (Phi) is 8.46. The van der Waals surface area contributed by atoms with Gasteiger partial charge in [-0.05, 0) is 52.9 Å². The Hall–Kier alpha value is -0.850. The third kappa shape index (κ3) is 7.92. The second kappa shape index (κ2) is 10.3. The standard InChI is InChI=1S/C19H38N4O2/c1-19(2,3)22-11-10-21-18(20-4)23-12-8-16(9-13-23)25-15-17-7-5-6-14-24-17/h16-17,22H,5-15H2,1-4H3,(H,20,21). The van der Waals surface area contributed by atoms with Crippen molar-refractivity contribution in [3.63, 3.8) is 0 Å². The van der Waals surface area contributed by atoms with E-state index in [0.29, 0.717) is 12.2 Å². The molecule has 2 saturated heterocycles. The van der Waals surface area contributed by atoms with E-state index in [1.165, 1.54) is 12.8 Å². The number of aliphatic imine (C=N–C) groups is 1. The third-order valence-corrected chi connectivity index (χ3v) is 4.81. The zero-order valence-electron chi connectivity index (χ0n) is 16.6. The van der Waals surface area contributed by atoms with E-state index in [0.717, 1.165) is 64.6 Å². The average Bonchev–Trinajstić information content (AvgIpc) is 2.61. The summed E-state index contributed by atoms with van der Waals surface area (Å²) >= 11 is 0. The number of nitrogens with one attached hydrogen (secondary N) is 2. The Morgan fingerprint density at radius 3 is 2.52 bits per heavy atom. The molecule has 6 nitrogen and oxygen atoms in total. The minimum absolute atomic E-state index is 0.156. The molecule has 0 aromatic heterocycles. The number of piperidine rings is 1. The van der Waals surface area contributed by atoms with Gasteiger partial charge in [-0.3, -0.25) is 4.99 Å². The molecule has 0 bridgehead atoms. The summed E-state index contributed by atoms with van der Waals surface area (Å²) in [6.07, 6.45) is 6.43. The summed E-state index contributed by atoms with van der Waals surface area (Å²) in [5.41, 5.74) is 0.156. The molecule has 0 aromatic carbocycles. The summed E-state index contributed by atoms with van der Waals surface area (Å²) in [5.74, 6) is 1.00. The van der Waals surface area contributed by atoms with Crippen LogP contribution >= 0.6 is 0 Å². The van der Waals surface area contributed by atoms with Gasteiger partial charge in [0, 0.05) is 45.4 Å². The van der Waals surface area contributed by atoms with Crippen LogP contribution in [0.1, 0.15) is 52.9 Å². The van der Waals surface area contributed by atoms with Crippen molar-refractivity contribution in [2.24, 2.45) is 4.99 Å². The highest BCUT2D eigenvalue weighted by atomic mass is 16.5. The lowest BCUT2D eigenvalue weighted by Crippen LogP contribution is -2.49.